The van der Waals surface area contributed by atoms with Crippen molar-refractivity contribution >= 4 is 0 Å². The Morgan fingerprint density at radius 1 is 1.29 bits per heavy atom. The van der Waals surface area contributed by atoms with Gasteiger partial charge in [0.05, 0.1) is 0 Å². The number of halogens is 2. The van der Waals surface area contributed by atoms with Crippen LogP contribution in [-0.4, -0.2) is 30.6 Å². The van der Waals surface area contributed by atoms with Gasteiger partial charge >= 0.3 is 0 Å². The highest BCUT2D eigenvalue weighted by Crippen LogP contribution is 2.38. The van der Waals surface area contributed by atoms with E-state index in [1.165, 1.54) is 12.1 Å². The van der Waals surface area contributed by atoms with Gasteiger partial charge in [-0.05, 0) is 75.9 Å². The average molecular weight is 296 g/mol. The van der Waals surface area contributed by atoms with Gasteiger partial charge in [0, 0.05) is 11.6 Å². The molecule has 0 aliphatic heterocycles. The Labute approximate surface area is 126 Å². The molecular formula is C17H26F2N2. The van der Waals surface area contributed by atoms with E-state index in [0.29, 0.717) is 12.0 Å². The first-order valence-corrected chi connectivity index (χ1v) is 7.72. The molecule has 2 rings (SSSR count). The first-order chi connectivity index (χ1) is 9.85. The van der Waals surface area contributed by atoms with Crippen LogP contribution in [0.15, 0.2) is 18.2 Å². The molecule has 0 radical (unpaired) electrons. The fraction of sp³-hybridized carbons (Fsp3) is 0.647. The van der Waals surface area contributed by atoms with Gasteiger partial charge in [-0.3, -0.25) is 0 Å². The van der Waals surface area contributed by atoms with E-state index >= 15 is 0 Å². The minimum Gasteiger partial charge on any atom is -0.326 e. The number of likely N-dealkylation sites (N-methyl/N-ethyl adjacent to an activating group) is 1. The van der Waals surface area contributed by atoms with Crippen molar-refractivity contribution in [2.75, 3.05) is 14.1 Å². The maximum Gasteiger partial charge on any atom is 0.126 e. The molecule has 0 spiro atoms. The van der Waals surface area contributed by atoms with Crippen molar-refractivity contribution in [3.63, 3.8) is 0 Å². The summed E-state index contributed by atoms with van der Waals surface area (Å²) in [5, 5.41) is 0. The van der Waals surface area contributed by atoms with Crippen LogP contribution in [0.2, 0.25) is 0 Å². The molecule has 1 fully saturated rings. The predicted molar refractivity (Wildman–Crippen MR) is 82.1 cm³/mol. The predicted octanol–water partition coefficient (Wildman–Crippen LogP) is 3.35. The maximum absolute atomic E-state index is 13.8. The van der Waals surface area contributed by atoms with Crippen LogP contribution in [0, 0.1) is 17.6 Å². The first kappa shape index (κ1) is 16.4. The highest BCUT2D eigenvalue weighted by Gasteiger charge is 2.41. The summed E-state index contributed by atoms with van der Waals surface area (Å²) in [7, 11) is 4.08. The average Bonchev–Trinajstić information content (AvgIpc) is 2.43. The van der Waals surface area contributed by atoms with Crippen molar-refractivity contribution in [2.45, 2.75) is 50.6 Å². The largest absolute Gasteiger partial charge is 0.326 e. The molecule has 0 saturated heterocycles. The summed E-state index contributed by atoms with van der Waals surface area (Å²) in [5.41, 5.74) is 6.71. The molecule has 2 nitrogen and oxygen atoms in total. The molecule has 1 aliphatic rings. The number of hydrogen-bond donors (Lipinski definition) is 1. The SMILES string of the molecule is CC1CCC(C(N)Cc2cc(F)ccc2F)(N(C)C)CC1. The van der Waals surface area contributed by atoms with Crippen LogP contribution in [0.3, 0.4) is 0 Å². The van der Waals surface area contributed by atoms with Crippen molar-refractivity contribution < 1.29 is 8.78 Å². The highest BCUT2D eigenvalue weighted by molar-refractivity contribution is 5.21. The van der Waals surface area contributed by atoms with Crippen molar-refractivity contribution in [1.29, 1.82) is 0 Å². The second-order valence-electron chi connectivity index (χ2n) is 6.73. The third kappa shape index (κ3) is 3.43. The molecule has 1 aromatic carbocycles. The third-order valence-corrected chi connectivity index (χ3v) is 5.17. The van der Waals surface area contributed by atoms with E-state index in [1.807, 2.05) is 14.1 Å². The first-order valence-electron chi connectivity index (χ1n) is 7.72. The molecule has 0 amide bonds. The second-order valence-corrected chi connectivity index (χ2v) is 6.73. The third-order valence-electron chi connectivity index (χ3n) is 5.17. The Hall–Kier alpha value is -1.00. The van der Waals surface area contributed by atoms with Crippen LogP contribution in [0.1, 0.15) is 38.2 Å². The lowest BCUT2D eigenvalue weighted by Crippen LogP contribution is -2.59. The summed E-state index contributed by atoms with van der Waals surface area (Å²) in [4.78, 5) is 2.18. The Balaban J connectivity index is 2.19. The molecule has 0 heterocycles. The molecule has 1 atom stereocenters. The molecule has 1 saturated carbocycles. The molecule has 21 heavy (non-hydrogen) atoms. The molecule has 2 N–H and O–H groups in total. The molecule has 1 unspecified atom stereocenters. The standard InChI is InChI=1S/C17H26F2N2/c1-12-6-8-17(9-7-12,21(2)3)16(20)11-13-10-14(18)4-5-15(13)19/h4-5,10,12,16H,6-9,11,20H2,1-3H3. The number of rotatable bonds is 4. The van der Waals surface area contributed by atoms with E-state index in [1.54, 1.807) is 0 Å². The van der Waals surface area contributed by atoms with E-state index in [-0.39, 0.29) is 17.4 Å². The fourth-order valence-corrected chi connectivity index (χ4v) is 3.54. The zero-order chi connectivity index (χ0) is 15.6. The van der Waals surface area contributed by atoms with Crippen molar-refractivity contribution in [3.05, 3.63) is 35.4 Å². The number of hydrogen-bond acceptors (Lipinski definition) is 2. The number of nitrogens with zero attached hydrogens (tertiary/aromatic N) is 1. The Bertz CT molecular complexity index is 480. The Morgan fingerprint density at radius 3 is 2.48 bits per heavy atom. The Morgan fingerprint density at radius 2 is 1.90 bits per heavy atom. The zero-order valence-electron chi connectivity index (χ0n) is 13.2. The van der Waals surface area contributed by atoms with Crippen molar-refractivity contribution in [1.82, 2.24) is 4.90 Å². The minimum absolute atomic E-state index is 0.120. The van der Waals surface area contributed by atoms with Gasteiger partial charge in [0.2, 0.25) is 0 Å². The van der Waals surface area contributed by atoms with E-state index in [4.69, 9.17) is 5.73 Å². The van der Waals surface area contributed by atoms with Crippen LogP contribution in [0.4, 0.5) is 8.78 Å². The van der Waals surface area contributed by atoms with Gasteiger partial charge in [-0.1, -0.05) is 6.92 Å². The molecular weight excluding hydrogens is 270 g/mol. The van der Waals surface area contributed by atoms with Crippen LogP contribution < -0.4 is 5.73 Å². The van der Waals surface area contributed by atoms with E-state index in [0.717, 1.165) is 37.7 Å². The summed E-state index contributed by atoms with van der Waals surface area (Å²) < 4.78 is 27.2. The van der Waals surface area contributed by atoms with Gasteiger partial charge < -0.3 is 10.6 Å². The number of benzene rings is 1. The summed E-state index contributed by atoms with van der Waals surface area (Å²) >= 11 is 0. The van der Waals surface area contributed by atoms with Gasteiger partial charge in [-0.15, -0.1) is 0 Å². The summed E-state index contributed by atoms with van der Waals surface area (Å²) in [6.07, 6.45) is 4.67. The molecule has 118 valence electrons. The monoisotopic (exact) mass is 296 g/mol. The molecule has 0 bridgehead atoms. The van der Waals surface area contributed by atoms with Crippen molar-refractivity contribution in [2.24, 2.45) is 11.7 Å². The van der Waals surface area contributed by atoms with Crippen molar-refractivity contribution in [3.8, 4) is 0 Å². The molecule has 4 heteroatoms. The lowest BCUT2D eigenvalue weighted by atomic mass is 9.71. The topological polar surface area (TPSA) is 29.3 Å². The van der Waals surface area contributed by atoms with E-state index in [2.05, 4.69) is 11.8 Å². The van der Waals surface area contributed by atoms with Gasteiger partial charge in [0.15, 0.2) is 0 Å². The number of nitrogens with two attached hydrogens (primary N) is 1. The lowest BCUT2D eigenvalue weighted by molar-refractivity contribution is 0.0565. The van der Waals surface area contributed by atoms with Crippen LogP contribution in [0.5, 0.6) is 0 Å². The zero-order valence-corrected chi connectivity index (χ0v) is 13.2. The van der Waals surface area contributed by atoms with E-state index < -0.39 is 5.82 Å². The van der Waals surface area contributed by atoms with Gasteiger partial charge in [-0.2, -0.15) is 0 Å². The van der Waals surface area contributed by atoms with Crippen LogP contribution in [0.25, 0.3) is 0 Å². The molecule has 0 aromatic heterocycles. The minimum atomic E-state index is -0.408. The molecule has 1 aliphatic carbocycles. The smallest absolute Gasteiger partial charge is 0.126 e. The second kappa shape index (κ2) is 6.41. The normalized spacial score (nSPS) is 27.9. The Kier molecular flexibility index (Phi) is 4.99. The summed E-state index contributed by atoms with van der Waals surface area (Å²) in [6.45, 7) is 2.26. The van der Waals surface area contributed by atoms with Gasteiger partial charge in [0.25, 0.3) is 0 Å². The molecule has 1 aromatic rings. The fourth-order valence-electron chi connectivity index (χ4n) is 3.54. The summed E-state index contributed by atoms with van der Waals surface area (Å²) in [5.74, 6) is -0.0594. The van der Waals surface area contributed by atoms with Gasteiger partial charge in [0.1, 0.15) is 11.6 Å². The summed E-state index contributed by atoms with van der Waals surface area (Å²) in [6, 6.07) is 3.40. The van der Waals surface area contributed by atoms with Crippen LogP contribution in [-0.2, 0) is 6.42 Å². The maximum atomic E-state index is 13.8. The van der Waals surface area contributed by atoms with E-state index in [9.17, 15) is 8.78 Å². The lowest BCUT2D eigenvalue weighted by Gasteiger charge is -2.48. The quantitative estimate of drug-likeness (QED) is 0.923. The van der Waals surface area contributed by atoms with Gasteiger partial charge in [-0.25, -0.2) is 8.78 Å². The van der Waals surface area contributed by atoms with Crippen LogP contribution >= 0.6 is 0 Å². The highest BCUT2D eigenvalue weighted by atomic mass is 19.1.